The van der Waals surface area contributed by atoms with E-state index in [0.717, 1.165) is 25.7 Å². The van der Waals surface area contributed by atoms with Crippen LogP contribution in [0.4, 0.5) is 0 Å². The van der Waals surface area contributed by atoms with Crippen LogP contribution in [0.2, 0.25) is 0 Å². The van der Waals surface area contributed by atoms with Gasteiger partial charge in [0.2, 0.25) is 0 Å². The van der Waals surface area contributed by atoms with Crippen LogP contribution >= 0.6 is 7.82 Å². The number of benzene rings is 2. The number of phosphoric acid groups is 1. The molecule has 0 aliphatic heterocycles. The molecule has 2 aromatic carbocycles. The number of aryl methyl sites for hydroxylation is 1. The maximum atomic E-state index is 11.0. The van der Waals surface area contributed by atoms with Gasteiger partial charge in [-0.05, 0) is 66.7 Å². The van der Waals surface area contributed by atoms with E-state index < -0.39 is 13.4 Å². The Bertz CT molecular complexity index is 965. The molecule has 180 valence electrons. The molecule has 0 bridgehead atoms. The number of hydrogen-bond acceptors (Lipinski definition) is 5. The fourth-order valence-electron chi connectivity index (χ4n) is 4.96. The monoisotopic (exact) mass is 475 g/mol. The van der Waals surface area contributed by atoms with E-state index in [4.69, 9.17) is 29.5 Å². The first-order valence-corrected chi connectivity index (χ1v) is 13.2. The second kappa shape index (κ2) is 10.8. The van der Waals surface area contributed by atoms with Crippen molar-refractivity contribution in [2.45, 2.75) is 62.7 Å². The van der Waals surface area contributed by atoms with Crippen molar-refractivity contribution >= 4 is 7.82 Å². The van der Waals surface area contributed by atoms with Gasteiger partial charge in [-0.3, -0.25) is 4.52 Å². The van der Waals surface area contributed by atoms with Gasteiger partial charge in [-0.1, -0.05) is 48.5 Å². The van der Waals surface area contributed by atoms with Gasteiger partial charge in [0.1, 0.15) is 0 Å². The fourth-order valence-corrected chi connectivity index (χ4v) is 5.39. The molecule has 2 aliphatic rings. The van der Waals surface area contributed by atoms with E-state index in [1.807, 2.05) is 18.2 Å². The molecule has 0 amide bonds. The van der Waals surface area contributed by atoms with Crippen molar-refractivity contribution in [1.82, 2.24) is 0 Å². The predicted octanol–water partition coefficient (Wildman–Crippen LogP) is 3.85. The topological polar surface area (TPSA) is 111 Å². The highest BCUT2D eigenvalue weighted by atomic mass is 31.2. The summed E-state index contributed by atoms with van der Waals surface area (Å²) in [5.41, 5.74) is 10.8. The molecule has 1 fully saturated rings. The smallest absolute Gasteiger partial charge is 0.375 e. The summed E-state index contributed by atoms with van der Waals surface area (Å²) >= 11 is 0. The summed E-state index contributed by atoms with van der Waals surface area (Å²) in [7, 11) is -4.50. The lowest BCUT2D eigenvalue weighted by Crippen LogP contribution is -2.41. The summed E-state index contributed by atoms with van der Waals surface area (Å²) in [5, 5.41) is 0. The number of ether oxygens (including phenoxy) is 2. The SMILES string of the molecule is N[C@]1(COP(=O)(O)O)CC[C@H](c2ccc3c(c2)CC[C@@H](OCCOCc2ccccc2)C3)C1. The van der Waals surface area contributed by atoms with Crippen LogP contribution in [0, 0.1) is 0 Å². The molecule has 7 nitrogen and oxygen atoms in total. The van der Waals surface area contributed by atoms with Gasteiger partial charge in [0.15, 0.2) is 0 Å². The average molecular weight is 476 g/mol. The maximum Gasteiger partial charge on any atom is 0.469 e. The predicted molar refractivity (Wildman–Crippen MR) is 126 cm³/mol. The van der Waals surface area contributed by atoms with Crippen molar-refractivity contribution in [3.8, 4) is 0 Å². The molecule has 33 heavy (non-hydrogen) atoms. The van der Waals surface area contributed by atoms with Gasteiger partial charge in [0.05, 0.1) is 32.5 Å². The second-order valence-electron chi connectivity index (χ2n) is 9.37. The average Bonchev–Trinajstić information content (AvgIpc) is 3.20. The Morgan fingerprint density at radius 3 is 2.67 bits per heavy atom. The van der Waals surface area contributed by atoms with E-state index in [0.29, 0.717) is 32.7 Å². The van der Waals surface area contributed by atoms with Gasteiger partial charge in [0, 0.05) is 5.54 Å². The van der Waals surface area contributed by atoms with Crippen LogP contribution < -0.4 is 5.73 Å². The molecule has 3 atom stereocenters. The Balaban J connectivity index is 1.23. The molecule has 0 aromatic heterocycles. The number of fused-ring (bicyclic) bond motifs is 1. The molecule has 4 N–H and O–H groups in total. The van der Waals surface area contributed by atoms with E-state index in [-0.39, 0.29) is 18.6 Å². The number of hydrogen-bond donors (Lipinski definition) is 3. The van der Waals surface area contributed by atoms with E-state index in [2.05, 4.69) is 30.3 Å². The zero-order valence-electron chi connectivity index (χ0n) is 18.9. The van der Waals surface area contributed by atoms with Crippen LogP contribution in [-0.4, -0.2) is 41.3 Å². The van der Waals surface area contributed by atoms with Crippen LogP contribution in [-0.2, 0) is 38.0 Å². The highest BCUT2D eigenvalue weighted by Gasteiger charge is 2.38. The Labute approximate surface area is 195 Å². The molecule has 2 aromatic rings. The third-order valence-electron chi connectivity index (χ3n) is 6.74. The molecule has 1 saturated carbocycles. The summed E-state index contributed by atoms with van der Waals surface area (Å²) in [4.78, 5) is 17.9. The van der Waals surface area contributed by atoms with Crippen molar-refractivity contribution in [3.05, 3.63) is 70.8 Å². The first-order chi connectivity index (χ1) is 15.8. The van der Waals surface area contributed by atoms with Crippen LogP contribution in [0.1, 0.15) is 53.9 Å². The molecule has 2 aliphatic carbocycles. The minimum absolute atomic E-state index is 0.118. The van der Waals surface area contributed by atoms with Crippen molar-refractivity contribution in [2.24, 2.45) is 5.73 Å². The minimum Gasteiger partial charge on any atom is -0.375 e. The molecule has 4 rings (SSSR count). The lowest BCUT2D eigenvalue weighted by atomic mass is 9.85. The normalized spacial score (nSPS) is 25.2. The van der Waals surface area contributed by atoms with Crippen molar-refractivity contribution in [3.63, 3.8) is 0 Å². The lowest BCUT2D eigenvalue weighted by molar-refractivity contribution is -0.00459. The Morgan fingerprint density at radius 2 is 1.88 bits per heavy atom. The van der Waals surface area contributed by atoms with Crippen LogP contribution in [0.15, 0.2) is 48.5 Å². The zero-order valence-corrected chi connectivity index (χ0v) is 19.8. The molecule has 8 heteroatoms. The summed E-state index contributed by atoms with van der Waals surface area (Å²) in [5.74, 6) is 0.288. The van der Waals surface area contributed by atoms with Gasteiger partial charge in [-0.2, -0.15) is 0 Å². The van der Waals surface area contributed by atoms with E-state index >= 15 is 0 Å². The second-order valence-corrected chi connectivity index (χ2v) is 10.6. The van der Waals surface area contributed by atoms with Gasteiger partial charge in [-0.15, -0.1) is 0 Å². The highest BCUT2D eigenvalue weighted by Crippen LogP contribution is 2.44. The first kappa shape index (κ1) is 24.6. The summed E-state index contributed by atoms with van der Waals surface area (Å²) in [6, 6.07) is 16.8. The molecular formula is C25H34NO6P. The Hall–Kier alpha value is -1.57. The molecular weight excluding hydrogens is 441 g/mol. The molecule has 0 saturated heterocycles. The molecule has 0 radical (unpaired) electrons. The summed E-state index contributed by atoms with van der Waals surface area (Å²) < 4.78 is 27.5. The zero-order chi connectivity index (χ0) is 23.3. The highest BCUT2D eigenvalue weighted by molar-refractivity contribution is 7.46. The number of rotatable bonds is 10. The summed E-state index contributed by atoms with van der Waals surface area (Å²) in [6.45, 7) is 1.68. The Morgan fingerprint density at radius 1 is 1.06 bits per heavy atom. The molecule has 0 heterocycles. The van der Waals surface area contributed by atoms with Gasteiger partial charge < -0.3 is 25.0 Å². The van der Waals surface area contributed by atoms with E-state index in [1.165, 1.54) is 22.3 Å². The largest absolute Gasteiger partial charge is 0.469 e. The fraction of sp³-hybridized carbons (Fsp3) is 0.520. The van der Waals surface area contributed by atoms with Gasteiger partial charge >= 0.3 is 7.82 Å². The van der Waals surface area contributed by atoms with Crippen molar-refractivity contribution in [2.75, 3.05) is 19.8 Å². The van der Waals surface area contributed by atoms with Crippen LogP contribution in [0.25, 0.3) is 0 Å². The Kier molecular flexibility index (Phi) is 8.03. The lowest BCUT2D eigenvalue weighted by Gasteiger charge is -2.27. The van der Waals surface area contributed by atoms with Crippen molar-refractivity contribution in [1.29, 1.82) is 0 Å². The first-order valence-electron chi connectivity index (χ1n) is 11.6. The number of phosphoric ester groups is 1. The molecule has 0 spiro atoms. The van der Waals surface area contributed by atoms with Gasteiger partial charge in [-0.25, -0.2) is 4.57 Å². The van der Waals surface area contributed by atoms with Crippen LogP contribution in [0.5, 0.6) is 0 Å². The third kappa shape index (κ3) is 7.20. The maximum absolute atomic E-state index is 11.0. The van der Waals surface area contributed by atoms with E-state index in [9.17, 15) is 4.57 Å². The standard InChI is InChI=1S/C25H34NO6P/c26-25(18-32-33(27,28)29)11-10-23(16-25)21-6-7-22-15-24(9-8-20(22)14-21)31-13-12-30-17-19-4-2-1-3-5-19/h1-7,14,23-24H,8-13,15-18,26H2,(H2,27,28,29)/t23-,24+,25+/m0/s1. The van der Waals surface area contributed by atoms with Gasteiger partial charge in [0.25, 0.3) is 0 Å². The third-order valence-corrected chi connectivity index (χ3v) is 7.21. The summed E-state index contributed by atoms with van der Waals surface area (Å²) in [6.07, 6.45) is 5.37. The number of nitrogens with two attached hydrogens (primary N) is 1. The molecule has 0 unspecified atom stereocenters. The van der Waals surface area contributed by atoms with Crippen LogP contribution in [0.3, 0.4) is 0 Å². The van der Waals surface area contributed by atoms with E-state index in [1.54, 1.807) is 0 Å². The minimum atomic E-state index is -4.50. The van der Waals surface area contributed by atoms with Crippen molar-refractivity contribution < 1.29 is 28.3 Å². The quantitative estimate of drug-likeness (QED) is 0.354.